The van der Waals surface area contributed by atoms with Gasteiger partial charge in [0, 0.05) is 72.9 Å². The fourth-order valence-corrected chi connectivity index (χ4v) is 6.98. The monoisotopic (exact) mass is 605 g/mol. The summed E-state index contributed by atoms with van der Waals surface area (Å²) >= 11 is 0. The summed E-state index contributed by atoms with van der Waals surface area (Å²) in [6.45, 7) is 13.9. The zero-order valence-electron chi connectivity index (χ0n) is 24.7. The van der Waals surface area contributed by atoms with Gasteiger partial charge in [-0.3, -0.25) is 0 Å². The van der Waals surface area contributed by atoms with Gasteiger partial charge in [0.05, 0.1) is 17.4 Å². The van der Waals surface area contributed by atoms with E-state index in [1.54, 1.807) is 18.6 Å². The largest absolute Gasteiger partial charge is 0.434 e. The van der Waals surface area contributed by atoms with Gasteiger partial charge in [-0.25, -0.2) is 9.97 Å². The first kappa shape index (κ1) is 30.9. The lowest BCUT2D eigenvalue weighted by Gasteiger charge is -2.44. The molecule has 2 saturated heterocycles. The van der Waals surface area contributed by atoms with Crippen LogP contribution in [0.15, 0.2) is 49.6 Å². The highest BCUT2D eigenvalue weighted by atomic mass is 19.4. The molecule has 2 aliphatic rings. The molecule has 1 aromatic carbocycles. The molecular weight excluding hydrogens is 568 g/mol. The number of hydrogen-bond acceptors (Lipinski definition) is 4. The lowest BCUT2D eigenvalue weighted by molar-refractivity contribution is -0.145. The van der Waals surface area contributed by atoms with Crippen molar-refractivity contribution < 1.29 is 26.3 Å². The molecule has 2 aliphatic heterocycles. The smallest absolute Gasteiger partial charge is 0.376 e. The number of benzene rings is 1. The van der Waals surface area contributed by atoms with Gasteiger partial charge >= 0.3 is 12.4 Å². The molecule has 2 aromatic heterocycles. The Morgan fingerprint density at radius 3 is 2.09 bits per heavy atom. The standard InChI is InChI=1S/C32H37F6N5/c1-20(2)42-15-11-22(12-16-42)30(4,26-18-39-19-41(26)5)23-9-10-25-24(17-23)28(31(33,34)35)27(29(40-25)32(36,37)38)21(3)43-13-7-6-8-14-43/h9-10,17-19,22H,1,3,6-8,11-16H2,2,4-5H3. The van der Waals surface area contributed by atoms with Crippen molar-refractivity contribution in [1.82, 2.24) is 24.3 Å². The predicted molar refractivity (Wildman–Crippen MR) is 155 cm³/mol. The lowest BCUT2D eigenvalue weighted by atomic mass is 9.65. The molecule has 5 rings (SSSR count). The van der Waals surface area contributed by atoms with E-state index in [0.29, 0.717) is 31.5 Å². The average Bonchev–Trinajstić information content (AvgIpc) is 3.40. The van der Waals surface area contributed by atoms with E-state index in [-0.39, 0.29) is 22.5 Å². The summed E-state index contributed by atoms with van der Waals surface area (Å²) in [5.41, 5.74) is -2.98. The average molecular weight is 606 g/mol. The molecule has 11 heteroatoms. The number of piperidine rings is 2. The third-order valence-corrected chi connectivity index (χ3v) is 9.36. The number of fused-ring (bicyclic) bond motifs is 1. The maximum Gasteiger partial charge on any atom is 0.434 e. The minimum absolute atomic E-state index is 0.0236. The van der Waals surface area contributed by atoms with E-state index in [1.165, 1.54) is 17.0 Å². The van der Waals surface area contributed by atoms with Gasteiger partial charge in [0.2, 0.25) is 0 Å². The van der Waals surface area contributed by atoms with Crippen molar-refractivity contribution in [2.45, 2.75) is 63.7 Å². The Balaban J connectivity index is 1.76. The first-order valence-corrected chi connectivity index (χ1v) is 14.6. The minimum atomic E-state index is -5.11. The summed E-state index contributed by atoms with van der Waals surface area (Å²) in [6, 6.07) is 4.31. The van der Waals surface area contributed by atoms with Crippen molar-refractivity contribution in [1.29, 1.82) is 0 Å². The van der Waals surface area contributed by atoms with Crippen LogP contribution in [0.3, 0.4) is 0 Å². The van der Waals surface area contributed by atoms with Crippen molar-refractivity contribution >= 4 is 16.6 Å². The van der Waals surface area contributed by atoms with Gasteiger partial charge in [0.25, 0.3) is 0 Å². The molecule has 0 aliphatic carbocycles. The zero-order valence-corrected chi connectivity index (χ0v) is 24.7. The summed E-state index contributed by atoms with van der Waals surface area (Å²) in [7, 11) is 1.84. The topological polar surface area (TPSA) is 37.2 Å². The fraction of sp³-hybridized carbons (Fsp3) is 0.500. The van der Waals surface area contributed by atoms with Gasteiger partial charge in [0.15, 0.2) is 5.69 Å². The van der Waals surface area contributed by atoms with Crippen LogP contribution in [-0.2, 0) is 24.8 Å². The van der Waals surface area contributed by atoms with Crippen LogP contribution < -0.4 is 0 Å². The van der Waals surface area contributed by atoms with E-state index in [1.807, 2.05) is 25.5 Å². The zero-order chi connectivity index (χ0) is 31.3. The van der Waals surface area contributed by atoms with Crippen molar-refractivity contribution in [3.8, 4) is 0 Å². The fourth-order valence-electron chi connectivity index (χ4n) is 6.98. The van der Waals surface area contributed by atoms with E-state index in [0.717, 1.165) is 43.7 Å². The third kappa shape index (κ3) is 5.62. The van der Waals surface area contributed by atoms with Crippen LogP contribution in [0.1, 0.15) is 74.0 Å². The highest BCUT2D eigenvalue weighted by Crippen LogP contribution is 2.49. The van der Waals surface area contributed by atoms with Crippen LogP contribution in [-0.4, -0.2) is 50.5 Å². The number of aromatic nitrogens is 3. The number of allylic oxidation sites excluding steroid dienone is 1. The number of rotatable bonds is 6. The van der Waals surface area contributed by atoms with Gasteiger partial charge in [-0.15, -0.1) is 0 Å². The maximum absolute atomic E-state index is 15.0. The van der Waals surface area contributed by atoms with Gasteiger partial charge in [-0.2, -0.15) is 26.3 Å². The predicted octanol–water partition coefficient (Wildman–Crippen LogP) is 8.01. The minimum Gasteiger partial charge on any atom is -0.376 e. The van der Waals surface area contributed by atoms with Crippen molar-refractivity contribution in [2.75, 3.05) is 26.2 Å². The molecule has 0 saturated carbocycles. The Morgan fingerprint density at radius 1 is 0.907 bits per heavy atom. The Morgan fingerprint density at radius 2 is 1.56 bits per heavy atom. The highest BCUT2D eigenvalue weighted by Gasteiger charge is 2.46. The Kier molecular flexibility index (Phi) is 8.07. The molecule has 0 amide bonds. The second-order valence-electron chi connectivity index (χ2n) is 12.0. The van der Waals surface area contributed by atoms with Crippen LogP contribution in [0, 0.1) is 5.92 Å². The molecule has 2 fully saturated rings. The number of imidazole rings is 1. The van der Waals surface area contributed by atoms with Crippen LogP contribution >= 0.6 is 0 Å². The normalized spacial score (nSPS) is 18.6. The number of likely N-dealkylation sites (tertiary alicyclic amines) is 2. The number of aryl methyl sites for hydroxylation is 1. The summed E-state index contributed by atoms with van der Waals surface area (Å²) in [6.07, 6.45) is -3.14. The number of alkyl halides is 6. The molecule has 0 radical (unpaired) electrons. The van der Waals surface area contributed by atoms with Crippen LogP contribution in [0.25, 0.3) is 16.6 Å². The molecular formula is C32H37F6N5. The third-order valence-electron chi connectivity index (χ3n) is 9.36. The van der Waals surface area contributed by atoms with E-state index < -0.39 is 34.6 Å². The van der Waals surface area contributed by atoms with Crippen molar-refractivity contribution in [3.63, 3.8) is 0 Å². The number of halogens is 6. The molecule has 5 nitrogen and oxygen atoms in total. The molecule has 4 heterocycles. The second-order valence-corrected chi connectivity index (χ2v) is 12.0. The molecule has 1 atom stereocenters. The first-order valence-electron chi connectivity index (χ1n) is 14.6. The number of pyridine rings is 1. The van der Waals surface area contributed by atoms with E-state index in [4.69, 9.17) is 0 Å². The molecule has 1 unspecified atom stereocenters. The Bertz CT molecular complexity index is 1520. The molecule has 0 N–H and O–H groups in total. The lowest BCUT2D eigenvalue weighted by Crippen LogP contribution is -2.42. The summed E-state index contributed by atoms with van der Waals surface area (Å²) < 4.78 is 90.1. The van der Waals surface area contributed by atoms with Crippen LogP contribution in [0.4, 0.5) is 26.3 Å². The van der Waals surface area contributed by atoms with E-state index >= 15 is 13.2 Å². The van der Waals surface area contributed by atoms with Crippen molar-refractivity contribution in [2.24, 2.45) is 13.0 Å². The molecule has 232 valence electrons. The molecule has 3 aromatic rings. The van der Waals surface area contributed by atoms with E-state index in [2.05, 4.69) is 28.0 Å². The molecule has 0 spiro atoms. The van der Waals surface area contributed by atoms with Gasteiger partial charge in [-0.1, -0.05) is 19.2 Å². The van der Waals surface area contributed by atoms with Crippen LogP contribution in [0.2, 0.25) is 0 Å². The summed E-state index contributed by atoms with van der Waals surface area (Å²) in [5, 5.41) is -0.362. The number of hydrogen-bond donors (Lipinski definition) is 0. The van der Waals surface area contributed by atoms with Gasteiger partial charge < -0.3 is 14.4 Å². The van der Waals surface area contributed by atoms with Gasteiger partial charge in [-0.05, 0) is 69.6 Å². The first-order chi connectivity index (χ1) is 20.1. The Hall–Kier alpha value is -3.50. The number of nitrogens with zero attached hydrogens (tertiary/aromatic N) is 5. The Labute approximate surface area is 247 Å². The van der Waals surface area contributed by atoms with Crippen LogP contribution in [0.5, 0.6) is 0 Å². The van der Waals surface area contributed by atoms with E-state index in [9.17, 15) is 13.2 Å². The maximum atomic E-state index is 15.0. The summed E-state index contributed by atoms with van der Waals surface area (Å²) in [5.74, 6) is 0.0236. The summed E-state index contributed by atoms with van der Waals surface area (Å²) in [4.78, 5) is 11.8. The quantitative estimate of drug-likeness (QED) is 0.267. The van der Waals surface area contributed by atoms with Gasteiger partial charge in [0.1, 0.15) is 0 Å². The SMILES string of the molecule is C=C(C)N1CCC(C(C)(c2ccc3nc(C(F)(F)F)c(C(=C)N4CCCCC4)c(C(F)(F)F)c3c2)c2cncn2C)CC1. The molecule has 43 heavy (non-hydrogen) atoms. The highest BCUT2D eigenvalue weighted by molar-refractivity contribution is 5.89. The molecule has 0 bridgehead atoms. The second kappa shape index (κ2) is 11.2. The van der Waals surface area contributed by atoms with Crippen molar-refractivity contribution in [3.05, 3.63) is 77.7 Å².